The predicted molar refractivity (Wildman–Crippen MR) is 66.7 cm³/mol. The number of ether oxygens (including phenoxy) is 2. The maximum absolute atomic E-state index is 10.8. The Kier molecular flexibility index (Phi) is 7.84. The maximum Gasteiger partial charge on any atom is 0.331 e. The van der Waals surface area contributed by atoms with Gasteiger partial charge in [-0.15, -0.1) is 0 Å². The van der Waals surface area contributed by atoms with E-state index in [1.54, 1.807) is 13.8 Å². The minimum atomic E-state index is -0.476. The van der Waals surface area contributed by atoms with Crippen molar-refractivity contribution >= 4 is 33.5 Å². The summed E-state index contributed by atoms with van der Waals surface area (Å²) in [4.78, 5) is 21.7. The summed E-state index contributed by atoms with van der Waals surface area (Å²) in [6.45, 7) is 10.0. The number of rotatable bonds is 7. The Morgan fingerprint density at radius 2 is 1.31 bits per heavy atom. The van der Waals surface area contributed by atoms with Gasteiger partial charge in [0.1, 0.15) is 0 Å². The molecule has 6 heteroatoms. The first-order chi connectivity index (χ1) is 7.49. The molecule has 0 aliphatic carbocycles. The summed E-state index contributed by atoms with van der Waals surface area (Å²) in [5.41, 5.74) is -0.666. The van der Waals surface area contributed by atoms with Gasteiger partial charge in [0.15, 0.2) is 10.9 Å². The normalized spacial score (nSPS) is 13.4. The minimum Gasteiger partial charge on any atom is -0.448 e. The van der Waals surface area contributed by atoms with Gasteiger partial charge in [0.2, 0.25) is 0 Å². The molecule has 2 atom stereocenters. The monoisotopic (exact) mass is 262 g/mol. The molecule has 0 fully saturated rings. The van der Waals surface area contributed by atoms with Crippen molar-refractivity contribution in [2.24, 2.45) is 0 Å². The first-order valence-electron chi connectivity index (χ1n) is 4.47. The van der Waals surface area contributed by atoms with Gasteiger partial charge in [-0.25, -0.2) is 9.59 Å². The van der Waals surface area contributed by atoms with Gasteiger partial charge >= 0.3 is 11.9 Å². The van der Waals surface area contributed by atoms with E-state index in [1.165, 1.54) is 21.6 Å². The van der Waals surface area contributed by atoms with Crippen molar-refractivity contribution in [2.75, 3.05) is 0 Å². The summed E-state index contributed by atoms with van der Waals surface area (Å²) in [5.74, 6) is -0.951. The van der Waals surface area contributed by atoms with E-state index in [0.29, 0.717) is 0 Å². The Balaban J connectivity index is 3.78. The van der Waals surface area contributed by atoms with Gasteiger partial charge in [-0.05, 0) is 35.4 Å². The van der Waals surface area contributed by atoms with Crippen LogP contribution in [-0.2, 0) is 19.1 Å². The van der Waals surface area contributed by atoms with E-state index in [1.807, 2.05) is 0 Å². The largest absolute Gasteiger partial charge is 0.448 e. The fourth-order valence-corrected chi connectivity index (χ4v) is 2.37. The zero-order valence-electron chi connectivity index (χ0n) is 9.17. The maximum atomic E-state index is 10.8. The lowest BCUT2D eigenvalue weighted by molar-refractivity contribution is -0.139. The van der Waals surface area contributed by atoms with Gasteiger partial charge in [0.05, 0.1) is 0 Å². The van der Waals surface area contributed by atoms with Crippen molar-refractivity contribution in [3.05, 3.63) is 25.3 Å². The van der Waals surface area contributed by atoms with Crippen LogP contribution in [0.4, 0.5) is 0 Å². The molecule has 0 aliphatic rings. The third-order valence-corrected chi connectivity index (χ3v) is 4.03. The highest BCUT2D eigenvalue weighted by molar-refractivity contribution is 8.77. The van der Waals surface area contributed by atoms with Crippen molar-refractivity contribution in [3.63, 3.8) is 0 Å². The molecule has 0 N–H and O–H groups in total. The molecule has 0 aromatic rings. The molecule has 0 bridgehead atoms. The molecule has 0 rings (SSSR count). The second kappa shape index (κ2) is 8.29. The third-order valence-electron chi connectivity index (χ3n) is 1.22. The van der Waals surface area contributed by atoms with E-state index in [0.717, 1.165) is 12.2 Å². The molecule has 0 aliphatic heterocycles. The number of esters is 2. The van der Waals surface area contributed by atoms with Gasteiger partial charge in [-0.3, -0.25) is 0 Å². The second-order valence-corrected chi connectivity index (χ2v) is 5.48. The summed E-state index contributed by atoms with van der Waals surface area (Å²) in [5, 5.41) is 0. The molecular formula is C10H14O4S2. The summed E-state index contributed by atoms with van der Waals surface area (Å²) in [6.07, 6.45) is 2.20. The van der Waals surface area contributed by atoms with Crippen LogP contribution in [0, 0.1) is 0 Å². The summed E-state index contributed by atoms with van der Waals surface area (Å²) in [6, 6.07) is 0. The standard InChI is InChI=1S/C10H14O4S2/c1-5-9(11)13-7(3)15-16-8(4)14-10(12)6-2/h5-8H,1-2H2,3-4H3. The molecular weight excluding hydrogens is 248 g/mol. The SMILES string of the molecule is C=CC(=O)OC(C)SSC(C)OC(=O)C=C. The van der Waals surface area contributed by atoms with Crippen molar-refractivity contribution in [3.8, 4) is 0 Å². The summed E-state index contributed by atoms with van der Waals surface area (Å²) < 4.78 is 9.81. The molecule has 0 spiro atoms. The first kappa shape index (κ1) is 15.1. The second-order valence-electron chi connectivity index (χ2n) is 2.61. The molecule has 0 aromatic carbocycles. The van der Waals surface area contributed by atoms with E-state index in [9.17, 15) is 9.59 Å². The van der Waals surface area contributed by atoms with Crippen LogP contribution in [0.15, 0.2) is 25.3 Å². The Morgan fingerprint density at radius 1 is 1.00 bits per heavy atom. The predicted octanol–water partition coefficient (Wildman–Crippen LogP) is 2.52. The van der Waals surface area contributed by atoms with Gasteiger partial charge in [0.25, 0.3) is 0 Å². The Bertz CT molecular complexity index is 250. The average molecular weight is 262 g/mol. The summed E-state index contributed by atoms with van der Waals surface area (Å²) in [7, 11) is 2.59. The average Bonchev–Trinajstić information content (AvgIpc) is 2.26. The smallest absolute Gasteiger partial charge is 0.331 e. The van der Waals surface area contributed by atoms with Crippen LogP contribution in [0.25, 0.3) is 0 Å². The lowest BCUT2D eigenvalue weighted by Crippen LogP contribution is -2.11. The van der Waals surface area contributed by atoms with Crippen LogP contribution in [0.1, 0.15) is 13.8 Å². The van der Waals surface area contributed by atoms with Gasteiger partial charge < -0.3 is 9.47 Å². The van der Waals surface area contributed by atoms with Crippen LogP contribution in [0.2, 0.25) is 0 Å². The zero-order valence-corrected chi connectivity index (χ0v) is 10.8. The van der Waals surface area contributed by atoms with E-state index in [4.69, 9.17) is 9.47 Å². The molecule has 90 valence electrons. The molecule has 0 saturated heterocycles. The van der Waals surface area contributed by atoms with E-state index in [-0.39, 0.29) is 10.9 Å². The molecule has 0 saturated carbocycles. The van der Waals surface area contributed by atoms with Gasteiger partial charge in [-0.1, -0.05) is 13.2 Å². The highest BCUT2D eigenvalue weighted by atomic mass is 33.1. The highest BCUT2D eigenvalue weighted by Crippen LogP contribution is 2.32. The topological polar surface area (TPSA) is 52.6 Å². The third kappa shape index (κ3) is 7.42. The van der Waals surface area contributed by atoms with E-state index >= 15 is 0 Å². The number of carbonyl (C=O) groups excluding carboxylic acids is 2. The van der Waals surface area contributed by atoms with E-state index < -0.39 is 11.9 Å². The molecule has 0 heterocycles. The lowest BCUT2D eigenvalue weighted by Gasteiger charge is -2.14. The van der Waals surface area contributed by atoms with Crippen LogP contribution in [0.3, 0.4) is 0 Å². The fourth-order valence-electron chi connectivity index (χ4n) is 0.619. The summed E-state index contributed by atoms with van der Waals surface area (Å²) >= 11 is 0. The van der Waals surface area contributed by atoms with Crippen molar-refractivity contribution in [2.45, 2.75) is 24.7 Å². The van der Waals surface area contributed by atoms with Gasteiger partial charge in [0, 0.05) is 12.2 Å². The van der Waals surface area contributed by atoms with Crippen molar-refractivity contribution in [1.29, 1.82) is 0 Å². The van der Waals surface area contributed by atoms with Crippen LogP contribution < -0.4 is 0 Å². The Labute approximate surface area is 103 Å². The molecule has 2 unspecified atom stereocenters. The zero-order chi connectivity index (χ0) is 12.6. The van der Waals surface area contributed by atoms with Crippen LogP contribution in [-0.4, -0.2) is 22.8 Å². The van der Waals surface area contributed by atoms with Crippen molar-refractivity contribution < 1.29 is 19.1 Å². The van der Waals surface area contributed by atoms with E-state index in [2.05, 4.69) is 13.2 Å². The first-order valence-corrected chi connectivity index (χ1v) is 6.75. The Hall–Kier alpha value is -0.880. The minimum absolute atomic E-state index is 0.333. The quantitative estimate of drug-likeness (QED) is 0.304. The number of carbonyl (C=O) groups is 2. The van der Waals surface area contributed by atoms with Crippen LogP contribution in [0.5, 0.6) is 0 Å². The molecule has 0 radical (unpaired) electrons. The molecule has 0 amide bonds. The van der Waals surface area contributed by atoms with Crippen LogP contribution >= 0.6 is 21.6 Å². The lowest BCUT2D eigenvalue weighted by atomic mass is 10.6. The number of hydrogen-bond acceptors (Lipinski definition) is 6. The number of hydrogen-bond donors (Lipinski definition) is 0. The Morgan fingerprint density at radius 3 is 1.56 bits per heavy atom. The fraction of sp³-hybridized carbons (Fsp3) is 0.400. The van der Waals surface area contributed by atoms with Gasteiger partial charge in [-0.2, -0.15) is 0 Å². The molecule has 16 heavy (non-hydrogen) atoms. The molecule has 0 aromatic heterocycles. The highest BCUT2D eigenvalue weighted by Gasteiger charge is 2.12. The molecule has 4 nitrogen and oxygen atoms in total. The van der Waals surface area contributed by atoms with Crippen molar-refractivity contribution in [1.82, 2.24) is 0 Å².